The fourth-order valence-corrected chi connectivity index (χ4v) is 8.32. The second-order valence-electron chi connectivity index (χ2n) is 10.9. The van der Waals surface area contributed by atoms with Crippen molar-refractivity contribution >= 4 is 94.1 Å². The van der Waals surface area contributed by atoms with E-state index in [0.29, 0.717) is 5.56 Å². The summed E-state index contributed by atoms with van der Waals surface area (Å²) < 4.78 is 54.4. The Balaban J connectivity index is 0.000000306. The Morgan fingerprint density at radius 3 is 1.53 bits per heavy atom. The molecule has 1 amide bonds. The van der Waals surface area contributed by atoms with E-state index in [1.165, 1.54) is 29.2 Å². The Hall–Kier alpha value is -7.02. The number of rotatable bonds is 17. The van der Waals surface area contributed by atoms with Crippen LogP contribution in [0.15, 0.2) is 67.2 Å². The Bertz CT molecular complexity index is 2550. The molecule has 2 aromatic heterocycles. The fraction of sp³-hybridized carbons (Fsp3) is 0.133. The number of aromatic nitrogens is 2. The average molecular weight is 863 g/mol. The standard InChI is InChI=1S/C15H16N6O6S2.C15H14N6O5S2/c16-12(23)10-4-9(2-1-7(10)3-8(22)5-19-15(17)18)29(26,27)21-13-11(14(24)25)20-6-28-13;16-5-9-4-11(2-1-8(9)3-10(22)6-19-15(17)18)28(25,26)21-13-12(14(23)24)20-7-27-13/h1-2,4,6,21H,3,5H2,(H2,16,23)(H,24,25)(H4,17,18,19);1-2,4,7,21H,3,6H2,(H,23,24)(H4,17,18,19). The Morgan fingerprint density at radius 1 is 0.702 bits per heavy atom. The summed E-state index contributed by atoms with van der Waals surface area (Å²) in [6.07, 6.45) is -0.410. The number of nitrogens with zero attached hydrogens (tertiary/aromatic N) is 5. The number of aliphatic imine (C=N–C) groups is 2. The lowest BCUT2D eigenvalue weighted by atomic mass is 10.0. The van der Waals surface area contributed by atoms with Crippen LogP contribution in [-0.2, 0) is 42.5 Å². The predicted octanol–water partition coefficient (Wildman–Crippen LogP) is -0.975. The van der Waals surface area contributed by atoms with Crippen molar-refractivity contribution < 1.29 is 51.0 Å². The van der Waals surface area contributed by atoms with Crippen molar-refractivity contribution in [2.45, 2.75) is 22.6 Å². The van der Waals surface area contributed by atoms with Crippen molar-refractivity contribution in [2.24, 2.45) is 38.7 Å². The molecule has 2 aromatic carbocycles. The number of ketones is 2. The lowest BCUT2D eigenvalue weighted by molar-refractivity contribution is -0.117. The number of carbonyl (C=O) groups is 5. The molecule has 2 heterocycles. The number of amides is 1. The number of guanidine groups is 2. The Labute approximate surface area is 330 Å². The van der Waals surface area contributed by atoms with Crippen LogP contribution in [0.3, 0.4) is 0 Å². The third-order valence-corrected chi connectivity index (χ3v) is 11.3. The topological polar surface area (TPSA) is 423 Å². The maximum Gasteiger partial charge on any atom is 0.357 e. The molecule has 57 heavy (non-hydrogen) atoms. The SMILES string of the molecule is N#Cc1cc(S(=O)(=O)Nc2scnc2C(=O)O)ccc1CC(=O)CN=C(N)N.NC(=O)c1cc(S(=O)(=O)Nc2scnc2C(=O)O)ccc1CC(=O)CN=C(N)N. The molecule has 0 aliphatic carbocycles. The van der Waals surface area contributed by atoms with Crippen molar-refractivity contribution in [3.63, 3.8) is 0 Å². The van der Waals surface area contributed by atoms with Crippen molar-refractivity contribution in [3.8, 4) is 6.07 Å². The van der Waals surface area contributed by atoms with E-state index in [1.54, 1.807) is 0 Å². The first kappa shape index (κ1) is 44.4. The van der Waals surface area contributed by atoms with Gasteiger partial charge >= 0.3 is 11.9 Å². The molecular formula is C30H30N12O11S4. The molecular weight excluding hydrogens is 833 g/mol. The summed E-state index contributed by atoms with van der Waals surface area (Å²) in [6.45, 7) is -0.580. The first-order valence-electron chi connectivity index (χ1n) is 15.1. The zero-order valence-electron chi connectivity index (χ0n) is 28.8. The third-order valence-electron chi connectivity index (χ3n) is 6.81. The highest BCUT2D eigenvalue weighted by Gasteiger charge is 2.24. The van der Waals surface area contributed by atoms with Crippen LogP contribution in [0.4, 0.5) is 10.0 Å². The molecule has 0 saturated heterocycles. The molecule has 0 fully saturated rings. The molecule has 300 valence electrons. The number of Topliss-reactive ketones (excluding diaryl/α,β-unsaturated/α-hetero) is 2. The van der Waals surface area contributed by atoms with Crippen LogP contribution in [0.2, 0.25) is 0 Å². The largest absolute Gasteiger partial charge is 0.476 e. The number of benzene rings is 2. The molecule has 0 aliphatic heterocycles. The lowest BCUT2D eigenvalue weighted by Gasteiger charge is -2.11. The molecule has 14 N–H and O–H groups in total. The van der Waals surface area contributed by atoms with E-state index in [9.17, 15) is 46.1 Å². The summed E-state index contributed by atoms with van der Waals surface area (Å²) in [7, 11) is -8.42. The Morgan fingerprint density at radius 2 is 1.12 bits per heavy atom. The van der Waals surface area contributed by atoms with Crippen LogP contribution >= 0.6 is 22.7 Å². The van der Waals surface area contributed by atoms with Crippen LogP contribution < -0.4 is 38.1 Å². The number of nitriles is 1. The molecule has 4 rings (SSSR count). The van der Waals surface area contributed by atoms with Crippen molar-refractivity contribution in [1.82, 2.24) is 9.97 Å². The number of hydrogen-bond donors (Lipinski definition) is 9. The highest BCUT2D eigenvalue weighted by molar-refractivity contribution is 7.93. The molecule has 0 spiro atoms. The number of carboxylic acid groups (broad SMARTS) is 2. The van der Waals surface area contributed by atoms with Gasteiger partial charge < -0.3 is 38.9 Å². The van der Waals surface area contributed by atoms with Gasteiger partial charge in [-0.05, 0) is 35.4 Å². The van der Waals surface area contributed by atoms with Gasteiger partial charge in [0.1, 0.15) is 23.1 Å². The van der Waals surface area contributed by atoms with Crippen LogP contribution in [0.25, 0.3) is 0 Å². The average Bonchev–Trinajstić information content (AvgIpc) is 3.79. The molecule has 0 atom stereocenters. The zero-order valence-corrected chi connectivity index (χ0v) is 32.0. The van der Waals surface area contributed by atoms with Gasteiger partial charge in [-0.1, -0.05) is 12.1 Å². The summed E-state index contributed by atoms with van der Waals surface area (Å²) in [6, 6.07) is 8.85. The third kappa shape index (κ3) is 12.5. The number of nitrogens with two attached hydrogens (primary N) is 5. The normalized spacial score (nSPS) is 10.8. The minimum absolute atomic E-state index is 0.0244. The van der Waals surface area contributed by atoms with Gasteiger partial charge in [0.25, 0.3) is 20.0 Å². The van der Waals surface area contributed by atoms with E-state index >= 15 is 0 Å². The number of hydrogen-bond acceptors (Lipinski definition) is 16. The molecule has 0 bridgehead atoms. The first-order valence-corrected chi connectivity index (χ1v) is 19.9. The van der Waals surface area contributed by atoms with Crippen molar-refractivity contribution in [3.05, 3.63) is 81.1 Å². The van der Waals surface area contributed by atoms with E-state index in [2.05, 4.69) is 29.4 Å². The van der Waals surface area contributed by atoms with Gasteiger partial charge in [-0.25, -0.2) is 46.4 Å². The number of thiazole rings is 2. The number of nitrogens with one attached hydrogen (secondary N) is 2. The van der Waals surface area contributed by atoms with Gasteiger partial charge in [0.2, 0.25) is 5.91 Å². The summed E-state index contributed by atoms with van der Waals surface area (Å²) in [4.78, 5) is 71.3. The molecule has 23 nitrogen and oxygen atoms in total. The molecule has 0 radical (unpaired) electrons. The van der Waals surface area contributed by atoms with Crippen LogP contribution in [0.5, 0.6) is 0 Å². The fourth-order valence-electron chi connectivity index (χ4n) is 4.29. The van der Waals surface area contributed by atoms with Crippen LogP contribution in [-0.4, -0.2) is 91.4 Å². The maximum absolute atomic E-state index is 12.6. The smallest absolute Gasteiger partial charge is 0.357 e. The molecule has 0 unspecified atom stereocenters. The second-order valence-corrected chi connectivity index (χ2v) is 16.0. The van der Waals surface area contributed by atoms with Gasteiger partial charge in [0.05, 0.1) is 32.4 Å². The second kappa shape index (κ2) is 19.0. The van der Waals surface area contributed by atoms with Gasteiger partial charge in [-0.15, -0.1) is 22.7 Å². The quantitative estimate of drug-likeness (QED) is 0.0455. The zero-order chi connectivity index (χ0) is 42.7. The summed E-state index contributed by atoms with van der Waals surface area (Å²) in [5.74, 6) is -5.05. The maximum atomic E-state index is 12.6. The lowest BCUT2D eigenvalue weighted by Crippen LogP contribution is -2.24. The minimum atomic E-state index is -4.25. The summed E-state index contributed by atoms with van der Waals surface area (Å²) in [5, 5.41) is 27.0. The van der Waals surface area contributed by atoms with Gasteiger partial charge in [-0.3, -0.25) is 23.8 Å². The molecule has 4 aromatic rings. The van der Waals surface area contributed by atoms with Crippen molar-refractivity contribution in [1.29, 1.82) is 5.26 Å². The Kier molecular flexibility index (Phi) is 14.8. The highest BCUT2D eigenvalue weighted by atomic mass is 32.2. The number of carbonyl (C=O) groups excluding carboxylic acids is 3. The minimum Gasteiger partial charge on any atom is -0.476 e. The van der Waals surface area contributed by atoms with E-state index in [4.69, 9.17) is 38.9 Å². The summed E-state index contributed by atoms with van der Waals surface area (Å²) in [5.41, 5.74) is 27.7. The van der Waals surface area contributed by atoms with Gasteiger partial charge in [0, 0.05) is 18.4 Å². The van der Waals surface area contributed by atoms with E-state index in [1.807, 2.05) is 6.07 Å². The van der Waals surface area contributed by atoms with Crippen LogP contribution in [0, 0.1) is 11.3 Å². The number of aromatic carboxylic acids is 2. The van der Waals surface area contributed by atoms with E-state index < -0.39 is 55.1 Å². The highest BCUT2D eigenvalue weighted by Crippen LogP contribution is 2.27. The molecule has 27 heteroatoms. The number of primary amides is 1. The molecule has 0 saturated carbocycles. The van der Waals surface area contributed by atoms with E-state index in [0.717, 1.165) is 40.9 Å². The van der Waals surface area contributed by atoms with E-state index in [-0.39, 0.29) is 80.1 Å². The predicted molar refractivity (Wildman–Crippen MR) is 205 cm³/mol. The molecule has 0 aliphatic rings. The number of sulfonamides is 2. The van der Waals surface area contributed by atoms with Crippen LogP contribution in [0.1, 0.15) is 48.0 Å². The van der Waals surface area contributed by atoms with Crippen molar-refractivity contribution in [2.75, 3.05) is 22.5 Å². The number of carboxylic acids is 2. The van der Waals surface area contributed by atoms with Gasteiger partial charge in [0.15, 0.2) is 34.9 Å². The first-order chi connectivity index (χ1) is 26.6. The number of anilines is 2. The monoisotopic (exact) mass is 862 g/mol. The van der Waals surface area contributed by atoms with Gasteiger partial charge in [-0.2, -0.15) is 5.26 Å². The summed E-state index contributed by atoms with van der Waals surface area (Å²) >= 11 is 1.58.